The van der Waals surface area contributed by atoms with Gasteiger partial charge in [0.2, 0.25) is 0 Å². The molecule has 2 nitrogen and oxygen atoms in total. The summed E-state index contributed by atoms with van der Waals surface area (Å²) in [4.78, 5) is 2.53. The van der Waals surface area contributed by atoms with Gasteiger partial charge in [-0.3, -0.25) is 4.90 Å². The maximum Gasteiger partial charge on any atom is 0.0465 e. The molecule has 1 N–H and O–H groups in total. The molecular weight excluding hydrogens is 279 g/mol. The summed E-state index contributed by atoms with van der Waals surface area (Å²) in [6.07, 6.45) is 4.01. The van der Waals surface area contributed by atoms with Crippen molar-refractivity contribution in [2.24, 2.45) is 5.92 Å². The van der Waals surface area contributed by atoms with E-state index in [0.717, 1.165) is 37.1 Å². The van der Waals surface area contributed by atoms with Gasteiger partial charge >= 0.3 is 0 Å². The van der Waals surface area contributed by atoms with Crippen LogP contribution < -0.4 is 5.32 Å². The third kappa shape index (κ3) is 3.63. The molecule has 0 spiro atoms. The molecule has 1 aromatic carbocycles. The number of hydrogen-bond acceptors (Lipinski definition) is 2. The number of rotatable bonds is 3. The van der Waals surface area contributed by atoms with E-state index in [1.54, 1.807) is 0 Å². The lowest BCUT2D eigenvalue weighted by atomic mass is 10.1. The lowest BCUT2D eigenvalue weighted by molar-refractivity contribution is 0.251. The highest BCUT2D eigenvalue weighted by Gasteiger charge is 2.33. The smallest absolute Gasteiger partial charge is 0.0465 e. The predicted molar refractivity (Wildman–Crippen MR) is 80.9 cm³/mol. The zero-order valence-electron chi connectivity index (χ0n) is 11.0. The molecule has 0 radical (unpaired) electrons. The van der Waals surface area contributed by atoms with E-state index in [0.29, 0.717) is 11.1 Å². The molecule has 0 aromatic heterocycles. The number of nitrogens with zero attached hydrogens (tertiary/aromatic N) is 1. The molecule has 2 fully saturated rings. The third-order valence-corrected chi connectivity index (χ3v) is 4.70. The van der Waals surface area contributed by atoms with Crippen molar-refractivity contribution in [3.63, 3.8) is 0 Å². The van der Waals surface area contributed by atoms with Gasteiger partial charge in [0.1, 0.15) is 0 Å². The molecule has 1 aliphatic carbocycles. The Labute approximate surface area is 125 Å². The van der Waals surface area contributed by atoms with E-state index >= 15 is 0 Å². The molecular formula is C15H20Cl2N2. The summed E-state index contributed by atoms with van der Waals surface area (Å²) >= 11 is 12.2. The standard InChI is InChI=1S/C15H20Cl2N2/c16-13-5-4-12(14(17)8-13)9-19-7-1-6-18-15(10-19)11-2-3-11/h4-5,8,11,15,18H,1-3,6-7,9-10H2. The first-order valence-corrected chi connectivity index (χ1v) is 7.87. The first-order chi connectivity index (χ1) is 9.22. The molecule has 1 aliphatic heterocycles. The monoisotopic (exact) mass is 298 g/mol. The average molecular weight is 299 g/mol. The minimum absolute atomic E-state index is 0.675. The topological polar surface area (TPSA) is 15.3 Å². The Balaban J connectivity index is 1.66. The van der Waals surface area contributed by atoms with Crippen LogP contribution in [0.4, 0.5) is 0 Å². The van der Waals surface area contributed by atoms with Crippen LogP contribution in [-0.2, 0) is 6.54 Å². The zero-order valence-corrected chi connectivity index (χ0v) is 12.6. The van der Waals surface area contributed by atoms with Crippen molar-refractivity contribution in [2.45, 2.75) is 31.8 Å². The van der Waals surface area contributed by atoms with E-state index in [9.17, 15) is 0 Å². The van der Waals surface area contributed by atoms with Crippen LogP contribution in [-0.4, -0.2) is 30.6 Å². The summed E-state index contributed by atoms with van der Waals surface area (Å²) in [5, 5.41) is 5.18. The summed E-state index contributed by atoms with van der Waals surface area (Å²) in [5.41, 5.74) is 1.18. The predicted octanol–water partition coefficient (Wildman–Crippen LogP) is 3.57. The quantitative estimate of drug-likeness (QED) is 0.918. The molecule has 2 aliphatic rings. The second-order valence-corrected chi connectivity index (χ2v) is 6.57. The SMILES string of the molecule is Clc1ccc(CN2CCCNC(C3CC3)C2)c(Cl)c1. The highest BCUT2D eigenvalue weighted by Crippen LogP contribution is 2.34. The lowest BCUT2D eigenvalue weighted by Gasteiger charge is -2.24. The Bertz CT molecular complexity index is 446. The average Bonchev–Trinajstić information content (AvgIpc) is 3.19. The van der Waals surface area contributed by atoms with E-state index in [2.05, 4.69) is 16.3 Å². The molecule has 1 atom stereocenters. The van der Waals surface area contributed by atoms with Gasteiger partial charge < -0.3 is 5.32 Å². The van der Waals surface area contributed by atoms with Crippen LogP contribution in [0.5, 0.6) is 0 Å². The Morgan fingerprint density at radius 3 is 2.84 bits per heavy atom. The van der Waals surface area contributed by atoms with Gasteiger partial charge in [0.25, 0.3) is 0 Å². The zero-order chi connectivity index (χ0) is 13.2. The van der Waals surface area contributed by atoms with Gasteiger partial charge in [-0.1, -0.05) is 29.3 Å². The van der Waals surface area contributed by atoms with E-state index in [1.165, 1.54) is 24.8 Å². The van der Waals surface area contributed by atoms with Gasteiger partial charge in [-0.25, -0.2) is 0 Å². The van der Waals surface area contributed by atoms with Crippen molar-refractivity contribution < 1.29 is 0 Å². The van der Waals surface area contributed by atoms with E-state index in [-0.39, 0.29) is 0 Å². The third-order valence-electron chi connectivity index (χ3n) is 4.11. The normalized spacial score (nSPS) is 25.3. The molecule has 1 heterocycles. The first kappa shape index (κ1) is 13.7. The van der Waals surface area contributed by atoms with Crippen molar-refractivity contribution in [1.82, 2.24) is 10.2 Å². The summed E-state index contributed by atoms with van der Waals surface area (Å²) < 4.78 is 0. The lowest BCUT2D eigenvalue weighted by Crippen LogP contribution is -2.38. The molecule has 3 rings (SSSR count). The fraction of sp³-hybridized carbons (Fsp3) is 0.600. The number of halogens is 2. The second-order valence-electron chi connectivity index (χ2n) is 5.72. The Kier molecular flexibility index (Phi) is 4.33. The fourth-order valence-electron chi connectivity index (χ4n) is 2.87. The number of benzene rings is 1. The van der Waals surface area contributed by atoms with Gasteiger partial charge in [-0.15, -0.1) is 0 Å². The molecule has 1 saturated carbocycles. The maximum atomic E-state index is 6.27. The first-order valence-electron chi connectivity index (χ1n) is 7.12. The molecule has 0 bridgehead atoms. The molecule has 104 valence electrons. The molecule has 1 saturated heterocycles. The van der Waals surface area contributed by atoms with Gasteiger partial charge in [0.15, 0.2) is 0 Å². The van der Waals surface area contributed by atoms with E-state index < -0.39 is 0 Å². The minimum atomic E-state index is 0.675. The Hall–Kier alpha value is -0.280. The van der Waals surface area contributed by atoms with E-state index in [1.807, 2.05) is 12.1 Å². The summed E-state index contributed by atoms with van der Waals surface area (Å²) in [5.74, 6) is 0.904. The van der Waals surface area contributed by atoms with Crippen LogP contribution in [0, 0.1) is 5.92 Å². The van der Waals surface area contributed by atoms with Crippen LogP contribution in [0.15, 0.2) is 18.2 Å². The number of hydrogen-bond donors (Lipinski definition) is 1. The highest BCUT2D eigenvalue weighted by molar-refractivity contribution is 6.35. The summed E-state index contributed by atoms with van der Waals surface area (Å²) in [6.45, 7) is 4.37. The van der Waals surface area contributed by atoms with Crippen LogP contribution in [0.1, 0.15) is 24.8 Å². The van der Waals surface area contributed by atoms with Crippen LogP contribution >= 0.6 is 23.2 Å². The summed E-state index contributed by atoms with van der Waals surface area (Å²) in [7, 11) is 0. The van der Waals surface area contributed by atoms with Crippen LogP contribution in [0.25, 0.3) is 0 Å². The Morgan fingerprint density at radius 1 is 1.26 bits per heavy atom. The number of nitrogens with one attached hydrogen (secondary N) is 1. The van der Waals surface area contributed by atoms with Crippen molar-refractivity contribution in [2.75, 3.05) is 19.6 Å². The highest BCUT2D eigenvalue weighted by atomic mass is 35.5. The second kappa shape index (κ2) is 6.01. The van der Waals surface area contributed by atoms with Crippen LogP contribution in [0.3, 0.4) is 0 Å². The van der Waals surface area contributed by atoms with Crippen LogP contribution in [0.2, 0.25) is 10.0 Å². The van der Waals surface area contributed by atoms with Gasteiger partial charge in [0.05, 0.1) is 0 Å². The maximum absolute atomic E-state index is 6.27. The molecule has 0 amide bonds. The van der Waals surface area contributed by atoms with Crippen molar-refractivity contribution >= 4 is 23.2 Å². The van der Waals surface area contributed by atoms with Crippen molar-refractivity contribution in [3.05, 3.63) is 33.8 Å². The van der Waals surface area contributed by atoms with E-state index in [4.69, 9.17) is 23.2 Å². The van der Waals surface area contributed by atoms with Crippen molar-refractivity contribution in [1.29, 1.82) is 0 Å². The van der Waals surface area contributed by atoms with Crippen molar-refractivity contribution in [3.8, 4) is 0 Å². The fourth-order valence-corrected chi connectivity index (χ4v) is 3.34. The van der Waals surface area contributed by atoms with Gasteiger partial charge in [-0.2, -0.15) is 0 Å². The molecule has 1 unspecified atom stereocenters. The molecule has 19 heavy (non-hydrogen) atoms. The van der Waals surface area contributed by atoms with Gasteiger partial charge in [0, 0.05) is 29.2 Å². The Morgan fingerprint density at radius 2 is 2.11 bits per heavy atom. The van der Waals surface area contributed by atoms with Gasteiger partial charge in [-0.05, 0) is 56.0 Å². The largest absolute Gasteiger partial charge is 0.312 e. The molecule has 4 heteroatoms. The minimum Gasteiger partial charge on any atom is -0.312 e. The summed E-state index contributed by atoms with van der Waals surface area (Å²) in [6, 6.07) is 6.49. The molecule has 1 aromatic rings.